The molecular formula is C25H32FN3O. The Kier molecular flexibility index (Phi) is 10.6. The van der Waals surface area contributed by atoms with E-state index in [1.807, 2.05) is 31.3 Å². The summed E-state index contributed by atoms with van der Waals surface area (Å²) in [6.45, 7) is 10.7. The van der Waals surface area contributed by atoms with Gasteiger partial charge in [0.2, 0.25) is 0 Å². The molecule has 5 heteroatoms. The Hall–Kier alpha value is -2.89. The van der Waals surface area contributed by atoms with Gasteiger partial charge in [0.25, 0.3) is 0 Å². The minimum atomic E-state index is -0.393. The fraction of sp³-hybridized carbons (Fsp3) is 0.280. The molecule has 0 spiro atoms. The van der Waals surface area contributed by atoms with Crippen LogP contribution in [-0.4, -0.2) is 30.0 Å². The normalized spacial score (nSPS) is 13.1. The van der Waals surface area contributed by atoms with E-state index >= 15 is 0 Å². The minimum Gasteiger partial charge on any atom is -0.392 e. The Morgan fingerprint density at radius 2 is 1.97 bits per heavy atom. The molecule has 1 aromatic heterocycles. The Balaban J connectivity index is 0.000000352. The zero-order chi connectivity index (χ0) is 22.7. The van der Waals surface area contributed by atoms with Crippen LogP contribution in [0.5, 0.6) is 0 Å². The zero-order valence-corrected chi connectivity index (χ0v) is 18.5. The fourth-order valence-electron chi connectivity index (χ4n) is 2.42. The Morgan fingerprint density at radius 3 is 2.50 bits per heavy atom. The number of rotatable bonds is 6. The third-order valence-electron chi connectivity index (χ3n) is 4.23. The first-order chi connectivity index (χ1) is 14.2. The van der Waals surface area contributed by atoms with Crippen molar-refractivity contribution in [1.29, 1.82) is 0 Å². The van der Waals surface area contributed by atoms with E-state index in [1.165, 1.54) is 18.6 Å². The van der Waals surface area contributed by atoms with Crippen molar-refractivity contribution in [3.63, 3.8) is 0 Å². The molecule has 0 saturated carbocycles. The average molecular weight is 410 g/mol. The van der Waals surface area contributed by atoms with E-state index in [-0.39, 0.29) is 12.6 Å². The van der Waals surface area contributed by atoms with Gasteiger partial charge >= 0.3 is 0 Å². The van der Waals surface area contributed by atoms with Crippen molar-refractivity contribution in [1.82, 2.24) is 4.98 Å². The first kappa shape index (κ1) is 25.1. The van der Waals surface area contributed by atoms with Crippen molar-refractivity contribution in [2.24, 2.45) is 10.7 Å². The van der Waals surface area contributed by atoms with E-state index in [2.05, 4.69) is 41.7 Å². The number of benzene rings is 1. The number of allylic oxidation sites excluding steroid dienone is 4. The predicted octanol–water partition coefficient (Wildman–Crippen LogP) is 5.48. The number of aliphatic hydroxyl groups excluding tert-OH is 1. The maximum Gasteiger partial charge on any atom is 0.124 e. The molecule has 4 nitrogen and oxygen atoms in total. The second kappa shape index (κ2) is 12.6. The lowest BCUT2D eigenvalue weighted by atomic mass is 10.0. The summed E-state index contributed by atoms with van der Waals surface area (Å²) in [4.78, 5) is 8.65. The third-order valence-corrected chi connectivity index (χ3v) is 4.23. The van der Waals surface area contributed by atoms with Crippen molar-refractivity contribution >= 4 is 6.21 Å². The van der Waals surface area contributed by atoms with Crippen LogP contribution >= 0.6 is 0 Å². The second-order valence-electron chi connectivity index (χ2n) is 7.16. The van der Waals surface area contributed by atoms with E-state index < -0.39 is 5.83 Å². The van der Waals surface area contributed by atoms with Crippen LogP contribution in [0, 0.1) is 6.92 Å². The Labute approximate surface area is 179 Å². The molecule has 30 heavy (non-hydrogen) atoms. The highest BCUT2D eigenvalue weighted by Gasteiger charge is 2.05. The highest BCUT2D eigenvalue weighted by atomic mass is 19.1. The van der Waals surface area contributed by atoms with Crippen LogP contribution in [0.15, 0.2) is 77.1 Å². The van der Waals surface area contributed by atoms with Gasteiger partial charge in [-0.15, -0.1) is 0 Å². The zero-order valence-electron chi connectivity index (χ0n) is 18.5. The van der Waals surface area contributed by atoms with Crippen LogP contribution in [0.4, 0.5) is 4.39 Å². The molecule has 1 aromatic carbocycles. The molecule has 1 heterocycles. The topological polar surface area (TPSA) is 71.5 Å². The molecule has 2 rings (SSSR count). The van der Waals surface area contributed by atoms with Gasteiger partial charge in [0.15, 0.2) is 0 Å². The van der Waals surface area contributed by atoms with Gasteiger partial charge in [-0.25, -0.2) is 4.39 Å². The quantitative estimate of drug-likeness (QED) is 0.490. The summed E-state index contributed by atoms with van der Waals surface area (Å²) in [5.74, 6) is -0.393. The second-order valence-corrected chi connectivity index (χ2v) is 7.16. The molecule has 160 valence electrons. The number of nitrogens with zero attached hydrogens (tertiary/aromatic N) is 2. The molecule has 0 fully saturated rings. The predicted molar refractivity (Wildman–Crippen MR) is 125 cm³/mol. The first-order valence-corrected chi connectivity index (χ1v) is 9.75. The highest BCUT2D eigenvalue weighted by Crippen LogP contribution is 2.21. The lowest BCUT2D eigenvalue weighted by molar-refractivity contribution is 0.327. The number of hydrogen-bond acceptors (Lipinski definition) is 4. The van der Waals surface area contributed by atoms with Gasteiger partial charge in [0, 0.05) is 24.9 Å². The van der Waals surface area contributed by atoms with Crippen molar-refractivity contribution < 1.29 is 9.50 Å². The van der Waals surface area contributed by atoms with Crippen molar-refractivity contribution in [3.05, 3.63) is 88.9 Å². The molecule has 0 aliphatic rings. The van der Waals surface area contributed by atoms with E-state index in [9.17, 15) is 4.39 Å². The molecule has 2 aromatic rings. The molecule has 1 atom stereocenters. The van der Waals surface area contributed by atoms with Crippen LogP contribution < -0.4 is 5.73 Å². The number of aromatic nitrogens is 1. The number of aliphatic hydroxyl groups is 1. The summed E-state index contributed by atoms with van der Waals surface area (Å²) in [6.07, 6.45) is 4.73. The Morgan fingerprint density at radius 1 is 1.27 bits per heavy atom. The largest absolute Gasteiger partial charge is 0.392 e. The van der Waals surface area contributed by atoms with E-state index in [0.29, 0.717) is 5.57 Å². The van der Waals surface area contributed by atoms with Crippen LogP contribution in [-0.2, 0) is 0 Å². The molecule has 0 aliphatic heterocycles. The maximum absolute atomic E-state index is 12.7. The summed E-state index contributed by atoms with van der Waals surface area (Å²) >= 11 is 0. The highest BCUT2D eigenvalue weighted by molar-refractivity contribution is 5.83. The smallest absolute Gasteiger partial charge is 0.124 e. The number of nitrogens with two attached hydrogens (primary N) is 1. The van der Waals surface area contributed by atoms with Gasteiger partial charge < -0.3 is 10.8 Å². The first-order valence-electron chi connectivity index (χ1n) is 9.75. The lowest BCUT2D eigenvalue weighted by Crippen LogP contribution is -2.07. The van der Waals surface area contributed by atoms with Crippen LogP contribution in [0.25, 0.3) is 11.3 Å². The SMILES string of the molecule is C=C(C)/C=C\C(F)=C(/C)CO.CN=Cc1ccc(-c2cccc(C(C)N)n2)cc1C. The summed E-state index contributed by atoms with van der Waals surface area (Å²) < 4.78 is 12.7. The van der Waals surface area contributed by atoms with Crippen LogP contribution in [0.2, 0.25) is 0 Å². The van der Waals surface area contributed by atoms with Crippen LogP contribution in [0.3, 0.4) is 0 Å². The number of aryl methyl sites for hydroxylation is 1. The van der Waals surface area contributed by atoms with Gasteiger partial charge in [-0.05, 0) is 68.7 Å². The summed E-state index contributed by atoms with van der Waals surface area (Å²) in [6, 6.07) is 12.2. The van der Waals surface area contributed by atoms with Gasteiger partial charge in [0.1, 0.15) is 5.83 Å². The van der Waals surface area contributed by atoms with Crippen LogP contribution in [0.1, 0.15) is 43.6 Å². The maximum atomic E-state index is 12.7. The Bertz CT molecular complexity index is 943. The molecule has 0 radical (unpaired) electrons. The third kappa shape index (κ3) is 8.23. The van der Waals surface area contributed by atoms with E-state index in [4.69, 9.17) is 10.8 Å². The number of hydrogen-bond donors (Lipinski definition) is 2. The fourth-order valence-corrected chi connectivity index (χ4v) is 2.42. The van der Waals surface area contributed by atoms with Crippen molar-refractivity contribution in [2.75, 3.05) is 13.7 Å². The van der Waals surface area contributed by atoms with E-state index in [1.54, 1.807) is 20.0 Å². The van der Waals surface area contributed by atoms with Gasteiger partial charge in [-0.3, -0.25) is 9.98 Å². The standard InChI is InChI=1S/C16H19N3.C9H13FO/c1-11-9-13(7-8-14(11)10-18-3)16-6-4-5-15(19-16)12(2)17;1-7(2)4-5-9(10)8(3)6-11/h4-10,12H,17H2,1-3H3;4-5,11H,1,6H2,2-3H3/b;5-4-,9-8-. The number of aliphatic imine (C=N–C) groups is 1. The monoisotopic (exact) mass is 409 g/mol. The molecule has 0 amide bonds. The summed E-state index contributed by atoms with van der Waals surface area (Å²) in [5, 5.41) is 8.52. The summed E-state index contributed by atoms with van der Waals surface area (Å²) in [7, 11) is 1.78. The molecule has 1 unspecified atom stereocenters. The molecule has 0 saturated heterocycles. The minimum absolute atomic E-state index is 0.0486. The average Bonchev–Trinajstić information content (AvgIpc) is 2.73. The molecule has 3 N–H and O–H groups in total. The number of halogens is 1. The molecule has 0 bridgehead atoms. The van der Waals surface area contributed by atoms with Crippen molar-refractivity contribution in [2.45, 2.75) is 33.7 Å². The van der Waals surface area contributed by atoms with Gasteiger partial charge in [-0.2, -0.15) is 0 Å². The summed E-state index contributed by atoms with van der Waals surface area (Å²) in [5.41, 5.74) is 12.3. The van der Waals surface area contributed by atoms with Gasteiger partial charge in [-0.1, -0.05) is 36.4 Å². The lowest BCUT2D eigenvalue weighted by Gasteiger charge is -2.09. The molecular weight excluding hydrogens is 377 g/mol. The van der Waals surface area contributed by atoms with E-state index in [0.717, 1.165) is 28.1 Å². The van der Waals surface area contributed by atoms with Crippen molar-refractivity contribution in [3.8, 4) is 11.3 Å². The molecule has 0 aliphatic carbocycles. The van der Waals surface area contributed by atoms with Gasteiger partial charge in [0.05, 0.1) is 18.0 Å². The number of pyridine rings is 1.